The molecule has 3 aromatic carbocycles. The van der Waals surface area contributed by atoms with E-state index in [2.05, 4.69) is 96.3 Å². The molecule has 0 radical (unpaired) electrons. The van der Waals surface area contributed by atoms with Crippen LogP contribution < -0.4 is 0 Å². The molecule has 0 saturated heterocycles. The first kappa shape index (κ1) is 21.1. The Hall–Kier alpha value is -2.16. The Morgan fingerprint density at radius 2 is 1.38 bits per heavy atom. The maximum Gasteiger partial charge on any atom is 0.0265 e. The SMILES string of the molecule is C1=C(CCc2ccccc2)C2c3c4c(cc(CCc5ccccc5)c3C2C2=C1CCS2)CCS4. The lowest BCUT2D eigenvalue weighted by atomic mass is 9.59. The van der Waals surface area contributed by atoms with Gasteiger partial charge in [-0.25, -0.2) is 0 Å². The quantitative estimate of drug-likeness (QED) is 0.350. The van der Waals surface area contributed by atoms with E-state index in [0.29, 0.717) is 11.8 Å². The maximum absolute atomic E-state index is 2.63. The van der Waals surface area contributed by atoms with E-state index in [1.54, 1.807) is 43.2 Å². The number of hydrogen-bond acceptors (Lipinski definition) is 2. The lowest BCUT2D eigenvalue weighted by molar-refractivity contribution is 0.551. The zero-order valence-electron chi connectivity index (χ0n) is 19.6. The van der Waals surface area contributed by atoms with Crippen LogP contribution in [-0.2, 0) is 25.7 Å². The van der Waals surface area contributed by atoms with Gasteiger partial charge in [0.25, 0.3) is 0 Å². The normalized spacial score (nSPS) is 21.9. The van der Waals surface area contributed by atoms with E-state index >= 15 is 0 Å². The molecular weight excluding hydrogens is 448 g/mol. The second kappa shape index (κ2) is 8.81. The van der Waals surface area contributed by atoms with E-state index in [4.69, 9.17) is 0 Å². The fourth-order valence-electron chi connectivity index (χ4n) is 6.56. The summed E-state index contributed by atoms with van der Waals surface area (Å²) in [5.74, 6) is 3.78. The van der Waals surface area contributed by atoms with Gasteiger partial charge in [-0.3, -0.25) is 0 Å². The summed E-state index contributed by atoms with van der Waals surface area (Å²) in [6.45, 7) is 0. The molecule has 0 spiro atoms. The number of thioether (sulfide) groups is 2. The second-order valence-electron chi connectivity index (χ2n) is 10.1. The van der Waals surface area contributed by atoms with Crippen LogP contribution in [0.15, 0.2) is 93.8 Å². The molecule has 2 aliphatic carbocycles. The van der Waals surface area contributed by atoms with Crippen LogP contribution in [-0.4, -0.2) is 11.5 Å². The lowest BCUT2D eigenvalue weighted by Crippen LogP contribution is -2.32. The number of allylic oxidation sites excluding steroid dienone is 4. The highest BCUT2D eigenvalue weighted by Gasteiger charge is 2.49. The molecule has 0 amide bonds. The molecule has 0 fully saturated rings. The summed E-state index contributed by atoms with van der Waals surface area (Å²) in [6.07, 6.45) is 9.80. The molecule has 34 heavy (non-hydrogen) atoms. The summed E-state index contributed by atoms with van der Waals surface area (Å²) in [6, 6.07) is 24.8. The van der Waals surface area contributed by atoms with Crippen LogP contribution in [0.5, 0.6) is 0 Å². The Balaban J connectivity index is 1.27. The zero-order valence-corrected chi connectivity index (χ0v) is 21.2. The summed E-state index contributed by atoms with van der Waals surface area (Å²) >= 11 is 4.28. The highest BCUT2D eigenvalue weighted by molar-refractivity contribution is 8.03. The number of benzene rings is 3. The van der Waals surface area contributed by atoms with E-state index in [9.17, 15) is 0 Å². The monoisotopic (exact) mass is 478 g/mol. The van der Waals surface area contributed by atoms with Gasteiger partial charge in [-0.15, -0.1) is 23.5 Å². The molecule has 0 aromatic heterocycles. The summed E-state index contributed by atoms with van der Waals surface area (Å²) in [5, 5.41) is 0. The predicted molar refractivity (Wildman–Crippen MR) is 147 cm³/mol. The lowest BCUT2D eigenvalue weighted by Gasteiger charge is -2.47. The summed E-state index contributed by atoms with van der Waals surface area (Å²) in [5.41, 5.74) is 13.0. The molecule has 2 unspecified atom stereocenters. The van der Waals surface area contributed by atoms with Crippen molar-refractivity contribution in [3.05, 3.63) is 122 Å². The van der Waals surface area contributed by atoms with Gasteiger partial charge in [-0.2, -0.15) is 0 Å². The Kier molecular flexibility index (Phi) is 5.48. The first-order chi connectivity index (χ1) is 16.9. The first-order valence-electron chi connectivity index (χ1n) is 12.8. The molecule has 7 rings (SSSR count). The minimum absolute atomic E-state index is 0.624. The molecular formula is C32H30S2. The van der Waals surface area contributed by atoms with Gasteiger partial charge in [-0.1, -0.05) is 78.4 Å². The van der Waals surface area contributed by atoms with Gasteiger partial charge < -0.3 is 0 Å². The van der Waals surface area contributed by atoms with E-state index < -0.39 is 0 Å². The molecule has 170 valence electrons. The van der Waals surface area contributed by atoms with Crippen LogP contribution in [0.4, 0.5) is 0 Å². The van der Waals surface area contributed by atoms with Crippen molar-refractivity contribution in [1.82, 2.24) is 0 Å². The van der Waals surface area contributed by atoms with Crippen molar-refractivity contribution in [2.45, 2.75) is 55.3 Å². The molecule has 0 saturated carbocycles. The van der Waals surface area contributed by atoms with Gasteiger partial charge >= 0.3 is 0 Å². The Bertz CT molecular complexity index is 1300. The van der Waals surface area contributed by atoms with Gasteiger partial charge in [0, 0.05) is 28.2 Å². The average molecular weight is 479 g/mol. The minimum atomic E-state index is 0.624. The highest BCUT2D eigenvalue weighted by Crippen LogP contribution is 2.66. The zero-order chi connectivity index (χ0) is 22.5. The Morgan fingerprint density at radius 3 is 2.15 bits per heavy atom. The van der Waals surface area contributed by atoms with Gasteiger partial charge in [0.05, 0.1) is 0 Å². The Morgan fingerprint density at radius 1 is 0.676 bits per heavy atom. The topological polar surface area (TPSA) is 0 Å². The molecule has 3 aromatic rings. The second-order valence-corrected chi connectivity index (χ2v) is 12.3. The van der Waals surface area contributed by atoms with Crippen LogP contribution in [0, 0.1) is 0 Å². The molecule has 2 heterocycles. The third kappa shape index (κ3) is 3.53. The standard InChI is InChI=1S/C32H30S2/c1-3-7-21(8-4-1)11-13-23-19-25-15-17-33-31(25)29-27(23)30-28(29)24(20-26-16-18-34-32(26)30)14-12-22-9-5-2-6-10-22/h1-10,19-20,27,29H,11-18H2. The van der Waals surface area contributed by atoms with E-state index in [1.807, 2.05) is 0 Å². The van der Waals surface area contributed by atoms with Gasteiger partial charge in [0.15, 0.2) is 0 Å². The summed E-state index contributed by atoms with van der Waals surface area (Å²) < 4.78 is 0. The molecule has 4 aliphatic rings. The van der Waals surface area contributed by atoms with Crippen molar-refractivity contribution in [2.75, 3.05) is 11.5 Å². The van der Waals surface area contributed by atoms with Crippen LogP contribution in [0.1, 0.15) is 58.1 Å². The minimum Gasteiger partial charge on any atom is -0.129 e. The third-order valence-corrected chi connectivity index (χ3v) is 10.6. The van der Waals surface area contributed by atoms with Crippen molar-refractivity contribution in [2.24, 2.45) is 0 Å². The average Bonchev–Trinajstić information content (AvgIpc) is 3.52. The van der Waals surface area contributed by atoms with E-state index in [1.165, 1.54) is 48.3 Å². The van der Waals surface area contributed by atoms with Gasteiger partial charge in [0.1, 0.15) is 0 Å². The smallest absolute Gasteiger partial charge is 0.0265 e. The molecule has 2 heteroatoms. The molecule has 0 nitrogen and oxygen atoms in total. The van der Waals surface area contributed by atoms with Crippen molar-refractivity contribution in [3.63, 3.8) is 0 Å². The van der Waals surface area contributed by atoms with Crippen LogP contribution in [0.3, 0.4) is 0 Å². The predicted octanol–water partition coefficient (Wildman–Crippen LogP) is 8.26. The molecule has 2 aliphatic heterocycles. The van der Waals surface area contributed by atoms with E-state index in [0.717, 1.165) is 12.8 Å². The van der Waals surface area contributed by atoms with Crippen molar-refractivity contribution in [1.29, 1.82) is 0 Å². The third-order valence-electron chi connectivity index (χ3n) is 8.15. The molecule has 0 N–H and O–H groups in total. The molecule has 0 bridgehead atoms. The number of aryl methyl sites for hydroxylation is 4. The number of hydrogen-bond donors (Lipinski definition) is 0. The van der Waals surface area contributed by atoms with Crippen LogP contribution >= 0.6 is 23.5 Å². The van der Waals surface area contributed by atoms with Crippen molar-refractivity contribution >= 4 is 23.5 Å². The number of rotatable bonds is 6. The Labute approximate surface area is 211 Å². The summed E-state index contributed by atoms with van der Waals surface area (Å²) in [4.78, 5) is 3.36. The number of fused-ring (bicyclic) bond motifs is 7. The van der Waals surface area contributed by atoms with Crippen molar-refractivity contribution in [3.8, 4) is 0 Å². The highest BCUT2D eigenvalue weighted by atomic mass is 32.2. The maximum atomic E-state index is 2.63. The van der Waals surface area contributed by atoms with E-state index in [-0.39, 0.29) is 0 Å². The first-order valence-corrected chi connectivity index (χ1v) is 14.8. The van der Waals surface area contributed by atoms with Crippen LogP contribution in [0.25, 0.3) is 0 Å². The van der Waals surface area contributed by atoms with Gasteiger partial charge in [0.2, 0.25) is 0 Å². The molecule has 2 atom stereocenters. The largest absolute Gasteiger partial charge is 0.129 e. The van der Waals surface area contributed by atoms with Crippen LogP contribution in [0.2, 0.25) is 0 Å². The fraction of sp³-hybridized carbons (Fsp3) is 0.312. The fourth-order valence-corrected chi connectivity index (χ4v) is 9.15. The van der Waals surface area contributed by atoms with Gasteiger partial charge in [-0.05, 0) is 82.4 Å². The summed E-state index contributed by atoms with van der Waals surface area (Å²) in [7, 11) is 0. The van der Waals surface area contributed by atoms with Crippen molar-refractivity contribution < 1.29 is 0 Å².